The van der Waals surface area contributed by atoms with Crippen LogP contribution in [0.5, 0.6) is 0 Å². The fraction of sp³-hybridized carbons (Fsp3) is 0.174. The molecule has 132 valence electrons. The number of rotatable bonds is 3. The van der Waals surface area contributed by atoms with Crippen molar-refractivity contribution in [2.75, 3.05) is 0 Å². The van der Waals surface area contributed by atoms with Crippen LogP contribution in [-0.4, -0.2) is 14.5 Å². The molecule has 4 nitrogen and oxygen atoms in total. The van der Waals surface area contributed by atoms with E-state index in [1.54, 1.807) is 0 Å². The van der Waals surface area contributed by atoms with Crippen molar-refractivity contribution in [3.05, 3.63) is 77.2 Å². The molecular weight excluding hydrogens is 332 g/mol. The van der Waals surface area contributed by atoms with Gasteiger partial charge in [0.15, 0.2) is 5.65 Å². The van der Waals surface area contributed by atoms with Crippen molar-refractivity contribution in [2.45, 2.75) is 27.2 Å². The smallest absolute Gasteiger partial charge is 0.164 e. The average molecular weight is 352 g/mol. The highest BCUT2D eigenvalue weighted by molar-refractivity contribution is 5.79. The minimum atomic E-state index is 0.681. The van der Waals surface area contributed by atoms with Gasteiger partial charge < -0.3 is 0 Å². The number of imidazole rings is 1. The van der Waals surface area contributed by atoms with Crippen LogP contribution in [0.1, 0.15) is 29.4 Å². The van der Waals surface area contributed by atoms with Crippen LogP contribution in [-0.2, 0) is 6.42 Å². The first kappa shape index (κ1) is 17.0. The summed E-state index contributed by atoms with van der Waals surface area (Å²) in [7, 11) is 0. The van der Waals surface area contributed by atoms with E-state index < -0.39 is 0 Å². The standard InChI is InChI=1S/C23H20N4/c1-4-21-26-22-16(3)15(2)14-25-23(22)27(21)19-11-9-17(10-12-19)20-8-6-5-7-18(20)13-24/h5-12,14H,4H2,1-3H3. The van der Waals surface area contributed by atoms with Crippen molar-refractivity contribution in [3.8, 4) is 22.9 Å². The molecule has 2 aromatic heterocycles. The number of aryl methyl sites for hydroxylation is 3. The number of hydrogen-bond donors (Lipinski definition) is 0. The first-order valence-electron chi connectivity index (χ1n) is 9.07. The fourth-order valence-corrected chi connectivity index (χ4v) is 3.40. The number of pyridine rings is 1. The van der Waals surface area contributed by atoms with Crippen LogP contribution in [0.25, 0.3) is 28.0 Å². The Hall–Kier alpha value is -3.45. The Balaban J connectivity index is 1.86. The summed E-state index contributed by atoms with van der Waals surface area (Å²) in [5.41, 5.74) is 7.86. The zero-order valence-corrected chi connectivity index (χ0v) is 15.7. The molecule has 0 bridgehead atoms. The second-order valence-corrected chi connectivity index (χ2v) is 6.66. The molecule has 0 saturated carbocycles. The van der Waals surface area contributed by atoms with Crippen molar-refractivity contribution in [1.29, 1.82) is 5.26 Å². The first-order valence-corrected chi connectivity index (χ1v) is 9.07. The van der Waals surface area contributed by atoms with Gasteiger partial charge >= 0.3 is 0 Å². The molecule has 0 aliphatic rings. The van der Waals surface area contributed by atoms with Crippen LogP contribution >= 0.6 is 0 Å². The van der Waals surface area contributed by atoms with E-state index in [4.69, 9.17) is 4.98 Å². The van der Waals surface area contributed by atoms with Crippen LogP contribution in [0.4, 0.5) is 0 Å². The maximum absolute atomic E-state index is 9.35. The molecule has 0 spiro atoms. The molecule has 0 radical (unpaired) electrons. The second-order valence-electron chi connectivity index (χ2n) is 6.66. The van der Waals surface area contributed by atoms with E-state index in [-0.39, 0.29) is 0 Å². The van der Waals surface area contributed by atoms with Gasteiger partial charge in [-0.1, -0.05) is 37.3 Å². The van der Waals surface area contributed by atoms with E-state index in [0.29, 0.717) is 5.56 Å². The SMILES string of the molecule is CCc1nc2c(C)c(C)cnc2n1-c1ccc(-c2ccccc2C#N)cc1. The van der Waals surface area contributed by atoms with E-state index in [2.05, 4.69) is 60.7 Å². The van der Waals surface area contributed by atoms with Crippen molar-refractivity contribution in [3.63, 3.8) is 0 Å². The van der Waals surface area contributed by atoms with Gasteiger partial charge in [0.2, 0.25) is 0 Å². The molecule has 0 fully saturated rings. The Morgan fingerprint density at radius 3 is 2.48 bits per heavy atom. The summed E-state index contributed by atoms with van der Waals surface area (Å²) in [5.74, 6) is 0.997. The molecule has 0 atom stereocenters. The molecule has 4 aromatic rings. The summed E-state index contributed by atoms with van der Waals surface area (Å²) in [4.78, 5) is 9.49. The van der Waals surface area contributed by atoms with Crippen molar-refractivity contribution in [2.24, 2.45) is 0 Å². The Morgan fingerprint density at radius 2 is 1.78 bits per heavy atom. The third-order valence-corrected chi connectivity index (χ3v) is 5.05. The normalized spacial score (nSPS) is 10.9. The third kappa shape index (κ3) is 2.78. The Morgan fingerprint density at radius 1 is 1.04 bits per heavy atom. The lowest BCUT2D eigenvalue weighted by molar-refractivity contribution is 0.901. The average Bonchev–Trinajstić information content (AvgIpc) is 3.10. The third-order valence-electron chi connectivity index (χ3n) is 5.05. The summed E-state index contributed by atoms with van der Waals surface area (Å²) in [6.07, 6.45) is 2.74. The number of aromatic nitrogens is 3. The van der Waals surface area contributed by atoms with E-state index in [9.17, 15) is 5.26 Å². The van der Waals surface area contributed by atoms with Gasteiger partial charge in [0, 0.05) is 18.3 Å². The van der Waals surface area contributed by atoms with Crippen LogP contribution in [0.3, 0.4) is 0 Å². The lowest BCUT2D eigenvalue weighted by Crippen LogP contribution is -2.01. The Labute approximate surface area is 158 Å². The quantitative estimate of drug-likeness (QED) is 0.513. The minimum absolute atomic E-state index is 0.681. The zero-order chi connectivity index (χ0) is 19.0. The summed E-state index contributed by atoms with van der Waals surface area (Å²) in [6, 6.07) is 18.2. The molecule has 4 heteroatoms. The summed E-state index contributed by atoms with van der Waals surface area (Å²) in [6.45, 7) is 6.27. The van der Waals surface area contributed by atoms with Crippen molar-refractivity contribution < 1.29 is 0 Å². The van der Waals surface area contributed by atoms with Crippen molar-refractivity contribution in [1.82, 2.24) is 14.5 Å². The minimum Gasteiger partial charge on any atom is -0.281 e. The molecule has 0 saturated heterocycles. The molecule has 2 heterocycles. The highest BCUT2D eigenvalue weighted by Gasteiger charge is 2.15. The number of nitriles is 1. The topological polar surface area (TPSA) is 54.5 Å². The van der Waals surface area contributed by atoms with Gasteiger partial charge in [0.05, 0.1) is 11.6 Å². The van der Waals surface area contributed by atoms with E-state index in [1.807, 2.05) is 30.5 Å². The van der Waals surface area contributed by atoms with Gasteiger partial charge in [0.25, 0.3) is 0 Å². The van der Waals surface area contributed by atoms with E-state index >= 15 is 0 Å². The van der Waals surface area contributed by atoms with Gasteiger partial charge in [-0.2, -0.15) is 5.26 Å². The Bertz CT molecular complexity index is 1180. The number of fused-ring (bicyclic) bond motifs is 1. The van der Waals surface area contributed by atoms with Crippen LogP contribution in [0, 0.1) is 25.2 Å². The second kappa shape index (κ2) is 6.69. The van der Waals surface area contributed by atoms with Crippen LogP contribution in [0.2, 0.25) is 0 Å². The summed E-state index contributed by atoms with van der Waals surface area (Å²) in [5, 5.41) is 9.35. The number of nitrogens with zero attached hydrogens (tertiary/aromatic N) is 4. The predicted molar refractivity (Wildman–Crippen MR) is 108 cm³/mol. The number of hydrogen-bond acceptors (Lipinski definition) is 3. The van der Waals surface area contributed by atoms with Crippen molar-refractivity contribution >= 4 is 11.2 Å². The molecular formula is C23H20N4. The van der Waals surface area contributed by atoms with E-state index in [0.717, 1.165) is 45.8 Å². The molecule has 4 rings (SSSR count). The molecule has 0 aliphatic heterocycles. The monoisotopic (exact) mass is 352 g/mol. The number of benzene rings is 2. The molecule has 0 amide bonds. The molecule has 2 aromatic carbocycles. The van der Waals surface area contributed by atoms with Gasteiger partial charge in [0.1, 0.15) is 11.3 Å². The molecule has 0 unspecified atom stereocenters. The van der Waals surface area contributed by atoms with Gasteiger partial charge in [-0.15, -0.1) is 0 Å². The molecule has 0 N–H and O–H groups in total. The largest absolute Gasteiger partial charge is 0.281 e. The van der Waals surface area contributed by atoms with E-state index in [1.165, 1.54) is 5.56 Å². The Kier molecular flexibility index (Phi) is 4.21. The predicted octanol–water partition coefficient (Wildman–Crippen LogP) is 5.14. The summed E-state index contributed by atoms with van der Waals surface area (Å²) < 4.78 is 2.13. The highest BCUT2D eigenvalue weighted by Crippen LogP contribution is 2.27. The van der Waals surface area contributed by atoms with Gasteiger partial charge in [-0.25, -0.2) is 9.97 Å². The van der Waals surface area contributed by atoms with Crippen LogP contribution < -0.4 is 0 Å². The lowest BCUT2D eigenvalue weighted by atomic mass is 10.0. The fourth-order valence-electron chi connectivity index (χ4n) is 3.40. The molecule has 27 heavy (non-hydrogen) atoms. The maximum atomic E-state index is 9.35. The summed E-state index contributed by atoms with van der Waals surface area (Å²) >= 11 is 0. The van der Waals surface area contributed by atoms with Gasteiger partial charge in [-0.05, 0) is 54.3 Å². The maximum Gasteiger partial charge on any atom is 0.164 e. The van der Waals surface area contributed by atoms with Crippen LogP contribution in [0.15, 0.2) is 54.7 Å². The first-order chi connectivity index (χ1) is 13.1. The molecule has 0 aliphatic carbocycles. The zero-order valence-electron chi connectivity index (χ0n) is 15.7. The van der Waals surface area contributed by atoms with Gasteiger partial charge in [-0.3, -0.25) is 4.57 Å². The lowest BCUT2D eigenvalue weighted by Gasteiger charge is -2.10. The highest BCUT2D eigenvalue weighted by atomic mass is 15.1.